The van der Waals surface area contributed by atoms with E-state index in [1.54, 1.807) is 11.8 Å². The van der Waals surface area contributed by atoms with E-state index in [9.17, 15) is 14.7 Å². The van der Waals surface area contributed by atoms with Crippen LogP contribution in [-0.4, -0.2) is 91.8 Å². The fourth-order valence-corrected chi connectivity index (χ4v) is 9.26. The predicted molar refractivity (Wildman–Crippen MR) is 182 cm³/mol. The quantitative estimate of drug-likeness (QED) is 0.100. The number of nitrogens with one attached hydrogen (secondary N) is 3. The largest absolute Gasteiger partial charge is 0.501 e. The Hall–Kier alpha value is -1.90. The molecule has 4 N–H and O–H groups in total. The molecule has 1 aromatic heterocycles. The van der Waals surface area contributed by atoms with Crippen LogP contribution in [0.5, 0.6) is 0 Å². The molecule has 1 aliphatic rings. The lowest BCUT2D eigenvalue weighted by atomic mass is 9.82. The van der Waals surface area contributed by atoms with Gasteiger partial charge in [0.15, 0.2) is 0 Å². The number of aliphatic hydroxyl groups is 1. The Kier molecular flexibility index (Phi) is 18.5. The summed E-state index contributed by atoms with van der Waals surface area (Å²) in [6.45, 7) is 16.3. The van der Waals surface area contributed by atoms with Crippen LogP contribution in [0.2, 0.25) is 6.04 Å². The second-order valence-electron chi connectivity index (χ2n) is 13.5. The van der Waals surface area contributed by atoms with Gasteiger partial charge >= 0.3 is 8.80 Å². The number of hydrogen-bond donors (Lipinski definition) is 4. The monoisotopic (exact) mass is 668 g/mol. The van der Waals surface area contributed by atoms with Gasteiger partial charge in [0.1, 0.15) is 0 Å². The molecule has 2 rings (SSSR count). The molecule has 13 heteroatoms. The van der Waals surface area contributed by atoms with Crippen LogP contribution in [0.15, 0.2) is 6.20 Å². The first kappa shape index (κ1) is 40.3. The number of carbonyl (C=O) groups excluding carboxylic acids is 2. The summed E-state index contributed by atoms with van der Waals surface area (Å²) in [5, 5.41) is 28.5. The lowest BCUT2D eigenvalue weighted by molar-refractivity contribution is -0.128. The molecule has 1 fully saturated rings. The van der Waals surface area contributed by atoms with Gasteiger partial charge in [-0.05, 0) is 91.9 Å². The topological polar surface area (TPSA) is 149 Å². The van der Waals surface area contributed by atoms with Gasteiger partial charge in [-0.3, -0.25) is 14.3 Å². The SMILES string of the molecule is CCCC(CC(CC)C(=O)NCCCn1cc(C)nn1)C(=O)NCCNC1CCC(CC[Si](OC)(OC(C)C)OC(C)C)CC1O. The van der Waals surface area contributed by atoms with Crippen LogP contribution in [0.1, 0.15) is 105 Å². The van der Waals surface area contributed by atoms with Gasteiger partial charge in [-0.1, -0.05) is 25.5 Å². The van der Waals surface area contributed by atoms with E-state index < -0.39 is 14.9 Å². The Balaban J connectivity index is 1.73. The number of nitrogens with zero attached hydrogens (tertiary/aromatic N) is 3. The molecule has 0 saturated heterocycles. The van der Waals surface area contributed by atoms with Gasteiger partial charge in [-0.25, -0.2) is 0 Å². The van der Waals surface area contributed by atoms with Gasteiger partial charge in [-0.2, -0.15) is 0 Å². The Bertz CT molecular complexity index is 1000. The van der Waals surface area contributed by atoms with Crippen molar-refractivity contribution in [1.82, 2.24) is 30.9 Å². The Morgan fingerprint density at radius 1 is 1.04 bits per heavy atom. The highest BCUT2D eigenvalue weighted by atomic mass is 28.4. The van der Waals surface area contributed by atoms with Gasteiger partial charge in [-0.15, -0.1) is 5.10 Å². The number of aliphatic hydroxyl groups excluding tert-OH is 1. The molecule has 12 nitrogen and oxygen atoms in total. The molecule has 0 aliphatic heterocycles. The fourth-order valence-electron chi connectivity index (χ4n) is 6.37. The van der Waals surface area contributed by atoms with E-state index in [-0.39, 0.29) is 41.9 Å². The van der Waals surface area contributed by atoms with Gasteiger partial charge in [0.2, 0.25) is 11.8 Å². The van der Waals surface area contributed by atoms with Gasteiger partial charge in [0.05, 0.1) is 11.8 Å². The Morgan fingerprint density at radius 2 is 1.72 bits per heavy atom. The summed E-state index contributed by atoms with van der Waals surface area (Å²) in [6, 6.07) is 0.745. The molecule has 0 bridgehead atoms. The highest BCUT2D eigenvalue weighted by Crippen LogP contribution is 2.32. The Labute approximate surface area is 278 Å². The van der Waals surface area contributed by atoms with Crippen molar-refractivity contribution >= 4 is 20.6 Å². The summed E-state index contributed by atoms with van der Waals surface area (Å²) in [4.78, 5) is 26.0. The molecule has 0 radical (unpaired) electrons. The van der Waals surface area contributed by atoms with E-state index >= 15 is 0 Å². The highest BCUT2D eigenvalue weighted by molar-refractivity contribution is 6.60. The molecule has 266 valence electrons. The third-order valence-electron chi connectivity index (χ3n) is 8.71. The minimum atomic E-state index is -2.77. The second kappa shape index (κ2) is 21.1. The van der Waals surface area contributed by atoms with E-state index in [0.29, 0.717) is 44.9 Å². The third-order valence-corrected chi connectivity index (χ3v) is 11.9. The molecule has 46 heavy (non-hydrogen) atoms. The molecule has 1 aromatic rings. The van der Waals surface area contributed by atoms with Crippen molar-refractivity contribution in [3.63, 3.8) is 0 Å². The normalized spacial score (nSPS) is 20.2. The molecule has 1 saturated carbocycles. The summed E-state index contributed by atoms with van der Waals surface area (Å²) in [7, 11) is -1.09. The summed E-state index contributed by atoms with van der Waals surface area (Å²) in [5.41, 5.74) is 0.874. The molecule has 5 atom stereocenters. The van der Waals surface area contributed by atoms with Crippen LogP contribution in [0.3, 0.4) is 0 Å². The Morgan fingerprint density at radius 3 is 2.28 bits per heavy atom. The summed E-state index contributed by atoms with van der Waals surface area (Å²) < 4.78 is 20.0. The first-order chi connectivity index (χ1) is 21.9. The van der Waals surface area contributed by atoms with Crippen LogP contribution in [-0.2, 0) is 29.4 Å². The van der Waals surface area contributed by atoms with E-state index in [1.165, 1.54) is 0 Å². The molecular formula is C33H64N6O6Si. The lowest BCUT2D eigenvalue weighted by Crippen LogP contribution is -2.49. The summed E-state index contributed by atoms with van der Waals surface area (Å²) in [5.74, 6) is -0.0176. The number of aryl methyl sites for hydroxylation is 2. The maximum absolute atomic E-state index is 13.1. The van der Waals surface area contributed by atoms with Crippen LogP contribution in [0, 0.1) is 24.7 Å². The predicted octanol–water partition coefficient (Wildman–Crippen LogP) is 3.99. The maximum atomic E-state index is 13.1. The zero-order chi connectivity index (χ0) is 34.1. The van der Waals surface area contributed by atoms with Crippen molar-refractivity contribution in [2.75, 3.05) is 26.7 Å². The van der Waals surface area contributed by atoms with Gasteiger partial charge < -0.3 is 34.3 Å². The van der Waals surface area contributed by atoms with Crippen molar-refractivity contribution < 1.29 is 28.0 Å². The number of hydrogen-bond acceptors (Lipinski definition) is 9. The molecule has 2 amide bonds. The number of carbonyl (C=O) groups is 2. The molecule has 5 unspecified atom stereocenters. The van der Waals surface area contributed by atoms with Crippen LogP contribution in [0.25, 0.3) is 0 Å². The number of aromatic nitrogens is 3. The smallest absolute Gasteiger partial charge is 0.391 e. The maximum Gasteiger partial charge on any atom is 0.501 e. The van der Waals surface area contributed by atoms with Gasteiger partial charge in [0.25, 0.3) is 0 Å². The molecular weight excluding hydrogens is 604 g/mol. The average molecular weight is 669 g/mol. The highest BCUT2D eigenvalue weighted by Gasteiger charge is 2.43. The first-order valence-electron chi connectivity index (χ1n) is 17.7. The fraction of sp³-hybridized carbons (Fsp3) is 0.879. The minimum Gasteiger partial charge on any atom is -0.391 e. The molecule has 0 aromatic carbocycles. The van der Waals surface area contributed by atoms with Crippen molar-refractivity contribution in [1.29, 1.82) is 0 Å². The third kappa shape index (κ3) is 14.5. The first-order valence-corrected chi connectivity index (χ1v) is 19.6. The molecule has 1 heterocycles. The van der Waals surface area contributed by atoms with E-state index in [1.807, 2.05) is 47.7 Å². The summed E-state index contributed by atoms with van der Waals surface area (Å²) >= 11 is 0. The van der Waals surface area contributed by atoms with Crippen molar-refractivity contribution in [3.8, 4) is 0 Å². The van der Waals surface area contributed by atoms with E-state index in [4.69, 9.17) is 13.3 Å². The van der Waals surface area contributed by atoms with E-state index in [0.717, 1.165) is 56.7 Å². The van der Waals surface area contributed by atoms with Crippen LogP contribution in [0.4, 0.5) is 0 Å². The minimum absolute atomic E-state index is 0.00117. The van der Waals surface area contributed by atoms with Gasteiger partial charge in [0, 0.05) is 75.6 Å². The standard InChI is InChI=1S/C33H64N6O6Si/c1-9-12-29(22-28(10-2)32(41)35-16-11-19-39-23-26(7)37-38-39)33(42)36-18-17-34-30-14-13-27(21-31(30)40)15-20-46(43-8,44-24(3)4)45-25(5)6/h23-25,27-31,34,40H,9-22H2,1-8H3,(H,35,41)(H,36,42). The van der Waals surface area contributed by atoms with Crippen LogP contribution >= 0.6 is 0 Å². The van der Waals surface area contributed by atoms with Crippen LogP contribution < -0.4 is 16.0 Å². The second-order valence-corrected chi connectivity index (χ2v) is 16.2. The van der Waals surface area contributed by atoms with E-state index in [2.05, 4.69) is 33.2 Å². The number of rotatable bonds is 23. The lowest BCUT2D eigenvalue weighted by Gasteiger charge is -2.36. The average Bonchev–Trinajstić information content (AvgIpc) is 3.43. The van der Waals surface area contributed by atoms with Crippen molar-refractivity contribution in [3.05, 3.63) is 11.9 Å². The zero-order valence-corrected chi connectivity index (χ0v) is 30.8. The number of amides is 2. The molecule has 1 aliphatic carbocycles. The van der Waals surface area contributed by atoms with Crippen molar-refractivity contribution in [2.45, 2.75) is 143 Å². The molecule has 0 spiro atoms. The zero-order valence-electron chi connectivity index (χ0n) is 29.8. The van der Waals surface area contributed by atoms with Crippen molar-refractivity contribution in [2.24, 2.45) is 17.8 Å². The summed E-state index contributed by atoms with van der Waals surface area (Å²) in [6.07, 6.45) is 8.62.